The second-order valence-corrected chi connectivity index (χ2v) is 6.35. The van der Waals surface area contributed by atoms with Crippen LogP contribution in [0.5, 0.6) is 0 Å². The number of alkyl carbamates (subject to hydrolysis) is 1. The average molecular weight is 315 g/mol. The molecule has 4 N–H and O–H groups in total. The first-order valence-corrected chi connectivity index (χ1v) is 8.25. The number of carbonyl (C=O) groups is 2. The lowest BCUT2D eigenvalue weighted by molar-refractivity contribution is -0.121. The maximum absolute atomic E-state index is 11.8. The molecule has 0 aromatic carbocycles. The van der Waals surface area contributed by atoms with Crippen molar-refractivity contribution in [3.05, 3.63) is 0 Å². The van der Waals surface area contributed by atoms with Gasteiger partial charge in [0, 0.05) is 6.04 Å². The molecule has 0 bridgehead atoms. The number of rotatable bonds is 4. The average Bonchev–Trinajstić information content (AvgIpc) is 2.45. The maximum Gasteiger partial charge on any atom is 0.407 e. The van der Waals surface area contributed by atoms with Gasteiger partial charge in [-0.3, -0.25) is 4.79 Å². The molecule has 2 unspecified atom stereocenters. The zero-order chi connectivity index (χ0) is 17.3. The molecule has 0 spiro atoms. The summed E-state index contributed by atoms with van der Waals surface area (Å²) in [5.41, 5.74) is 4.83. The predicted molar refractivity (Wildman–Crippen MR) is 88.5 cm³/mol. The maximum atomic E-state index is 11.8. The van der Waals surface area contributed by atoms with Crippen molar-refractivity contribution in [2.45, 2.75) is 78.5 Å². The summed E-state index contributed by atoms with van der Waals surface area (Å²) in [5.74, 6) is -0.0897. The SMILES string of the molecule is CC.CC[C@H](NC(=O)OC(C)(C)C)C1CCNC(C(N)=O)C1. The van der Waals surface area contributed by atoms with Crippen LogP contribution in [-0.4, -0.2) is 36.2 Å². The number of nitrogens with two attached hydrogens (primary N) is 1. The Balaban J connectivity index is 0.00000211. The topological polar surface area (TPSA) is 93.4 Å². The Bertz CT molecular complexity index is 353. The second kappa shape index (κ2) is 9.66. The molecule has 130 valence electrons. The van der Waals surface area contributed by atoms with E-state index in [0.29, 0.717) is 6.42 Å². The summed E-state index contributed by atoms with van der Waals surface area (Å²) in [7, 11) is 0. The summed E-state index contributed by atoms with van der Waals surface area (Å²) in [6.07, 6.45) is 1.97. The third-order valence-corrected chi connectivity index (χ3v) is 3.50. The van der Waals surface area contributed by atoms with Crippen LogP contribution < -0.4 is 16.4 Å². The molecule has 0 aliphatic carbocycles. The minimum Gasteiger partial charge on any atom is -0.444 e. The highest BCUT2D eigenvalue weighted by Crippen LogP contribution is 2.22. The molecule has 1 saturated heterocycles. The Morgan fingerprint density at radius 1 is 1.36 bits per heavy atom. The van der Waals surface area contributed by atoms with Gasteiger partial charge in [-0.25, -0.2) is 4.79 Å². The fraction of sp³-hybridized carbons (Fsp3) is 0.875. The number of primary amides is 1. The van der Waals surface area contributed by atoms with Gasteiger partial charge in [0.1, 0.15) is 5.60 Å². The number of ether oxygens (including phenoxy) is 1. The highest BCUT2D eigenvalue weighted by Gasteiger charge is 2.31. The number of nitrogens with one attached hydrogen (secondary N) is 2. The van der Waals surface area contributed by atoms with Gasteiger partial charge in [-0.05, 0) is 52.5 Å². The molecular formula is C16H33N3O3. The lowest BCUT2D eigenvalue weighted by Crippen LogP contribution is -2.52. The summed E-state index contributed by atoms with van der Waals surface area (Å²) in [6, 6.07) is -0.294. The number of hydrogen-bond donors (Lipinski definition) is 3. The van der Waals surface area contributed by atoms with Crippen LogP contribution in [0.25, 0.3) is 0 Å². The minimum absolute atomic E-state index is 0.00815. The Morgan fingerprint density at radius 2 is 1.95 bits per heavy atom. The lowest BCUT2D eigenvalue weighted by Gasteiger charge is -2.34. The minimum atomic E-state index is -0.508. The fourth-order valence-electron chi connectivity index (χ4n) is 2.54. The Morgan fingerprint density at radius 3 is 2.41 bits per heavy atom. The van der Waals surface area contributed by atoms with Gasteiger partial charge in [0.25, 0.3) is 0 Å². The van der Waals surface area contributed by atoms with Crippen LogP contribution in [0.2, 0.25) is 0 Å². The zero-order valence-electron chi connectivity index (χ0n) is 14.9. The van der Waals surface area contributed by atoms with Gasteiger partial charge >= 0.3 is 6.09 Å². The van der Waals surface area contributed by atoms with Crippen LogP contribution in [0, 0.1) is 5.92 Å². The van der Waals surface area contributed by atoms with Crippen molar-refractivity contribution < 1.29 is 14.3 Å². The number of amides is 2. The summed E-state index contributed by atoms with van der Waals surface area (Å²) >= 11 is 0. The molecule has 0 saturated carbocycles. The van der Waals surface area contributed by atoms with E-state index in [4.69, 9.17) is 10.5 Å². The third kappa shape index (κ3) is 7.64. The molecule has 1 aliphatic heterocycles. The van der Waals surface area contributed by atoms with Gasteiger partial charge in [-0.2, -0.15) is 0 Å². The first kappa shape index (κ1) is 20.7. The Hall–Kier alpha value is -1.30. The monoisotopic (exact) mass is 315 g/mol. The van der Waals surface area contributed by atoms with E-state index in [0.717, 1.165) is 19.4 Å². The van der Waals surface area contributed by atoms with Gasteiger partial charge in [0.2, 0.25) is 5.91 Å². The standard InChI is InChI=1S/C14H27N3O3.C2H6/c1-5-10(17-13(19)20-14(2,3)4)9-6-7-16-11(8-9)12(15)18;1-2/h9-11,16H,5-8H2,1-4H3,(H2,15,18)(H,17,19);1-2H3/t9?,10-,11?;/m0./s1. The molecule has 0 aromatic heterocycles. The van der Waals surface area contributed by atoms with Crippen molar-refractivity contribution in [1.82, 2.24) is 10.6 Å². The van der Waals surface area contributed by atoms with Gasteiger partial charge in [-0.15, -0.1) is 0 Å². The fourth-order valence-corrected chi connectivity index (χ4v) is 2.54. The molecule has 1 aliphatic rings. The van der Waals surface area contributed by atoms with Crippen molar-refractivity contribution >= 4 is 12.0 Å². The number of carbonyl (C=O) groups excluding carboxylic acids is 2. The molecule has 3 atom stereocenters. The highest BCUT2D eigenvalue weighted by molar-refractivity contribution is 5.80. The smallest absolute Gasteiger partial charge is 0.407 e. The van der Waals surface area contributed by atoms with Crippen molar-refractivity contribution in [1.29, 1.82) is 0 Å². The van der Waals surface area contributed by atoms with Gasteiger partial charge in [-0.1, -0.05) is 20.8 Å². The highest BCUT2D eigenvalue weighted by atomic mass is 16.6. The molecule has 22 heavy (non-hydrogen) atoms. The molecule has 0 radical (unpaired) electrons. The van der Waals surface area contributed by atoms with Crippen molar-refractivity contribution in [2.75, 3.05) is 6.54 Å². The molecule has 1 heterocycles. The molecular weight excluding hydrogens is 282 g/mol. The summed E-state index contributed by atoms with van der Waals surface area (Å²) in [4.78, 5) is 23.1. The number of hydrogen-bond acceptors (Lipinski definition) is 4. The van der Waals surface area contributed by atoms with E-state index >= 15 is 0 Å². The molecule has 6 nitrogen and oxygen atoms in total. The zero-order valence-corrected chi connectivity index (χ0v) is 14.9. The molecule has 6 heteroatoms. The van der Waals surface area contributed by atoms with E-state index < -0.39 is 11.7 Å². The second-order valence-electron chi connectivity index (χ2n) is 6.35. The number of piperidine rings is 1. The first-order chi connectivity index (χ1) is 10.2. The summed E-state index contributed by atoms with van der Waals surface area (Å²) in [5, 5.41) is 6.01. The Kier molecular flexibility index (Phi) is 9.09. The molecule has 2 amide bonds. The van der Waals surface area contributed by atoms with Crippen molar-refractivity contribution in [3.63, 3.8) is 0 Å². The quantitative estimate of drug-likeness (QED) is 0.741. The van der Waals surface area contributed by atoms with Crippen LogP contribution in [-0.2, 0) is 9.53 Å². The van der Waals surface area contributed by atoms with Crippen LogP contribution in [0.1, 0.15) is 60.8 Å². The third-order valence-electron chi connectivity index (χ3n) is 3.50. The lowest BCUT2D eigenvalue weighted by atomic mass is 9.85. The molecule has 1 rings (SSSR count). The molecule has 0 aromatic rings. The van der Waals surface area contributed by atoms with Gasteiger partial charge < -0.3 is 21.1 Å². The van der Waals surface area contributed by atoms with Gasteiger partial charge in [0.15, 0.2) is 0 Å². The first-order valence-electron chi connectivity index (χ1n) is 8.25. The summed E-state index contributed by atoms with van der Waals surface area (Å²) < 4.78 is 5.28. The van der Waals surface area contributed by atoms with Crippen LogP contribution in [0.4, 0.5) is 4.79 Å². The van der Waals surface area contributed by atoms with Gasteiger partial charge in [0.05, 0.1) is 6.04 Å². The van der Waals surface area contributed by atoms with E-state index in [1.54, 1.807) is 0 Å². The van der Waals surface area contributed by atoms with Crippen LogP contribution in [0.3, 0.4) is 0 Å². The van der Waals surface area contributed by atoms with E-state index in [1.165, 1.54) is 0 Å². The van der Waals surface area contributed by atoms with E-state index in [9.17, 15) is 9.59 Å². The predicted octanol–water partition coefficient (Wildman–Crippen LogP) is 2.17. The Labute approximate surface area is 134 Å². The van der Waals surface area contributed by atoms with Crippen molar-refractivity contribution in [3.8, 4) is 0 Å². The molecule has 1 fully saturated rings. The largest absolute Gasteiger partial charge is 0.444 e. The normalized spacial score (nSPS) is 22.8. The van der Waals surface area contributed by atoms with Crippen LogP contribution >= 0.6 is 0 Å². The van der Waals surface area contributed by atoms with Crippen LogP contribution in [0.15, 0.2) is 0 Å². The van der Waals surface area contributed by atoms with E-state index in [2.05, 4.69) is 10.6 Å². The van der Waals surface area contributed by atoms with E-state index in [1.807, 2.05) is 41.5 Å². The summed E-state index contributed by atoms with van der Waals surface area (Å²) in [6.45, 7) is 12.3. The van der Waals surface area contributed by atoms with E-state index in [-0.39, 0.29) is 23.9 Å². The van der Waals surface area contributed by atoms with Crippen molar-refractivity contribution in [2.24, 2.45) is 11.7 Å².